The highest BCUT2D eigenvalue weighted by atomic mass is 16.5. The zero-order valence-corrected chi connectivity index (χ0v) is 11.5. The van der Waals surface area contributed by atoms with Crippen molar-refractivity contribution < 1.29 is 9.53 Å². The van der Waals surface area contributed by atoms with Crippen LogP contribution >= 0.6 is 0 Å². The third kappa shape index (κ3) is 3.96. The van der Waals surface area contributed by atoms with Gasteiger partial charge in [-0.25, -0.2) is 0 Å². The zero-order chi connectivity index (χ0) is 13.1. The first-order valence-electron chi connectivity index (χ1n) is 6.55. The topological polar surface area (TPSA) is 55.6 Å². The van der Waals surface area contributed by atoms with E-state index in [1.165, 1.54) is 6.42 Å². The Morgan fingerprint density at radius 2 is 2.12 bits per heavy atom. The van der Waals surface area contributed by atoms with Gasteiger partial charge >= 0.3 is 5.97 Å². The molecule has 0 bridgehead atoms. The van der Waals surface area contributed by atoms with E-state index in [1.807, 2.05) is 0 Å². The van der Waals surface area contributed by atoms with Crippen molar-refractivity contribution in [3.8, 4) is 0 Å². The van der Waals surface area contributed by atoms with Crippen LogP contribution in [0.4, 0.5) is 0 Å². The quantitative estimate of drug-likeness (QED) is 0.754. The fourth-order valence-electron chi connectivity index (χ4n) is 2.32. The second-order valence-electron chi connectivity index (χ2n) is 5.62. The highest BCUT2D eigenvalue weighted by molar-refractivity contribution is 5.80. The van der Waals surface area contributed by atoms with E-state index >= 15 is 0 Å². The van der Waals surface area contributed by atoms with Crippen molar-refractivity contribution in [3.05, 3.63) is 0 Å². The molecule has 1 aliphatic rings. The van der Waals surface area contributed by atoms with E-state index in [0.29, 0.717) is 19.1 Å². The summed E-state index contributed by atoms with van der Waals surface area (Å²) >= 11 is 0. The second-order valence-corrected chi connectivity index (χ2v) is 5.62. The first kappa shape index (κ1) is 14.5. The number of piperidine rings is 1. The predicted octanol–water partition coefficient (Wildman–Crippen LogP) is 1.24. The molecule has 2 N–H and O–H groups in total. The Labute approximate surface area is 104 Å². The van der Waals surface area contributed by atoms with Crippen LogP contribution in [-0.2, 0) is 9.53 Å². The van der Waals surface area contributed by atoms with Crippen LogP contribution in [0, 0.1) is 11.8 Å². The predicted molar refractivity (Wildman–Crippen MR) is 68.6 cm³/mol. The van der Waals surface area contributed by atoms with Gasteiger partial charge in [0.25, 0.3) is 0 Å². The smallest absolute Gasteiger partial charge is 0.327 e. The van der Waals surface area contributed by atoms with Crippen molar-refractivity contribution in [1.29, 1.82) is 0 Å². The highest BCUT2D eigenvalue weighted by Gasteiger charge is 2.34. The molecule has 0 amide bonds. The van der Waals surface area contributed by atoms with Crippen molar-refractivity contribution in [1.82, 2.24) is 4.90 Å². The van der Waals surface area contributed by atoms with Crippen LogP contribution in [0.5, 0.6) is 0 Å². The Balaban J connectivity index is 2.50. The van der Waals surface area contributed by atoms with E-state index in [4.69, 9.17) is 10.5 Å². The minimum atomic E-state index is -0.893. The van der Waals surface area contributed by atoms with Gasteiger partial charge in [0.05, 0.1) is 6.61 Å². The molecule has 100 valence electrons. The summed E-state index contributed by atoms with van der Waals surface area (Å²) in [5.74, 6) is 1.13. The lowest BCUT2D eigenvalue weighted by Gasteiger charge is -2.38. The Morgan fingerprint density at radius 3 is 2.65 bits per heavy atom. The molecule has 1 fully saturated rings. The fraction of sp³-hybridized carbons (Fsp3) is 0.923. The summed E-state index contributed by atoms with van der Waals surface area (Å²) in [5, 5.41) is 0. The van der Waals surface area contributed by atoms with Crippen LogP contribution in [0.1, 0.15) is 34.1 Å². The molecule has 1 heterocycles. The second kappa shape index (κ2) is 5.83. The average Bonchev–Trinajstić information content (AvgIpc) is 2.23. The van der Waals surface area contributed by atoms with Gasteiger partial charge in [0.2, 0.25) is 0 Å². The minimum Gasteiger partial charge on any atom is -0.465 e. The molecule has 0 spiro atoms. The molecule has 3 atom stereocenters. The Morgan fingerprint density at radius 1 is 1.47 bits per heavy atom. The number of carbonyl (C=O) groups excluding carboxylic acids is 1. The van der Waals surface area contributed by atoms with E-state index in [9.17, 15) is 4.79 Å². The lowest BCUT2D eigenvalue weighted by Crippen LogP contribution is -2.56. The van der Waals surface area contributed by atoms with Gasteiger partial charge < -0.3 is 15.4 Å². The molecule has 1 aliphatic heterocycles. The van der Waals surface area contributed by atoms with Gasteiger partial charge in [-0.2, -0.15) is 0 Å². The Kier molecular flexibility index (Phi) is 4.95. The number of nitrogens with two attached hydrogens (primary N) is 1. The first-order chi connectivity index (χ1) is 7.86. The fourth-order valence-corrected chi connectivity index (χ4v) is 2.32. The molecule has 1 rings (SSSR count). The number of hydrogen-bond donors (Lipinski definition) is 1. The van der Waals surface area contributed by atoms with Crippen LogP contribution in [0.15, 0.2) is 0 Å². The highest BCUT2D eigenvalue weighted by Crippen LogP contribution is 2.23. The lowest BCUT2D eigenvalue weighted by atomic mass is 9.88. The van der Waals surface area contributed by atoms with E-state index in [0.717, 1.165) is 19.0 Å². The molecule has 0 aromatic rings. The van der Waals surface area contributed by atoms with Crippen molar-refractivity contribution in [2.45, 2.75) is 39.7 Å². The Bertz CT molecular complexity index is 266. The van der Waals surface area contributed by atoms with E-state index in [1.54, 1.807) is 13.8 Å². The van der Waals surface area contributed by atoms with E-state index in [2.05, 4.69) is 18.7 Å². The number of carbonyl (C=O) groups is 1. The number of nitrogens with zero attached hydrogens (tertiary/aromatic N) is 1. The summed E-state index contributed by atoms with van der Waals surface area (Å²) in [5.41, 5.74) is 5.15. The first-order valence-corrected chi connectivity index (χ1v) is 6.55. The molecule has 17 heavy (non-hydrogen) atoms. The summed E-state index contributed by atoms with van der Waals surface area (Å²) in [7, 11) is 0. The molecule has 0 aliphatic carbocycles. The maximum atomic E-state index is 11.7. The van der Waals surface area contributed by atoms with Crippen LogP contribution in [0.2, 0.25) is 0 Å². The molecule has 4 nitrogen and oxygen atoms in total. The number of esters is 1. The molecular weight excluding hydrogens is 216 g/mol. The van der Waals surface area contributed by atoms with Crippen LogP contribution in [-0.4, -0.2) is 42.6 Å². The minimum absolute atomic E-state index is 0.300. The SMILES string of the molecule is CCOC(=O)C(C)(N)CN1CCC(C)C(C)C1. The van der Waals surface area contributed by atoms with Crippen molar-refractivity contribution in [2.24, 2.45) is 17.6 Å². The largest absolute Gasteiger partial charge is 0.465 e. The van der Waals surface area contributed by atoms with Crippen molar-refractivity contribution in [2.75, 3.05) is 26.2 Å². The number of likely N-dealkylation sites (tertiary alicyclic amines) is 1. The summed E-state index contributed by atoms with van der Waals surface area (Å²) in [6.07, 6.45) is 1.18. The van der Waals surface area contributed by atoms with Gasteiger partial charge in [0, 0.05) is 13.1 Å². The summed E-state index contributed by atoms with van der Waals surface area (Å²) < 4.78 is 5.01. The third-order valence-electron chi connectivity index (χ3n) is 3.71. The summed E-state index contributed by atoms with van der Waals surface area (Å²) in [4.78, 5) is 14.0. The normalized spacial score (nSPS) is 29.7. The van der Waals surface area contributed by atoms with Gasteiger partial charge in [-0.1, -0.05) is 13.8 Å². The third-order valence-corrected chi connectivity index (χ3v) is 3.71. The Hall–Kier alpha value is -0.610. The average molecular weight is 242 g/mol. The molecule has 0 saturated carbocycles. The van der Waals surface area contributed by atoms with Gasteiger partial charge in [0.15, 0.2) is 0 Å². The molecule has 0 radical (unpaired) electrons. The maximum Gasteiger partial charge on any atom is 0.327 e. The maximum absolute atomic E-state index is 11.7. The van der Waals surface area contributed by atoms with Gasteiger partial charge in [-0.3, -0.25) is 4.79 Å². The lowest BCUT2D eigenvalue weighted by molar-refractivity contribution is -0.150. The van der Waals surface area contributed by atoms with E-state index in [-0.39, 0.29) is 5.97 Å². The standard InChI is InChI=1S/C13H26N2O2/c1-5-17-12(16)13(4,14)9-15-7-6-10(2)11(3)8-15/h10-11H,5-9,14H2,1-4H3. The van der Waals surface area contributed by atoms with Gasteiger partial charge in [0.1, 0.15) is 5.54 Å². The zero-order valence-electron chi connectivity index (χ0n) is 11.5. The van der Waals surface area contributed by atoms with Crippen molar-refractivity contribution >= 4 is 5.97 Å². The molecular formula is C13H26N2O2. The molecule has 4 heteroatoms. The number of hydrogen-bond acceptors (Lipinski definition) is 4. The molecule has 3 unspecified atom stereocenters. The van der Waals surface area contributed by atoms with Crippen LogP contribution in [0.25, 0.3) is 0 Å². The van der Waals surface area contributed by atoms with Gasteiger partial charge in [-0.05, 0) is 38.6 Å². The number of rotatable bonds is 4. The van der Waals surface area contributed by atoms with E-state index < -0.39 is 5.54 Å². The van der Waals surface area contributed by atoms with Gasteiger partial charge in [-0.15, -0.1) is 0 Å². The molecule has 0 aromatic heterocycles. The van der Waals surface area contributed by atoms with Crippen LogP contribution < -0.4 is 5.73 Å². The number of ether oxygens (including phenoxy) is 1. The summed E-state index contributed by atoms with van der Waals surface area (Å²) in [6, 6.07) is 0. The monoisotopic (exact) mass is 242 g/mol. The van der Waals surface area contributed by atoms with Crippen LogP contribution in [0.3, 0.4) is 0 Å². The molecule has 0 aromatic carbocycles. The molecule has 1 saturated heterocycles. The van der Waals surface area contributed by atoms with Crippen molar-refractivity contribution in [3.63, 3.8) is 0 Å². The summed E-state index contributed by atoms with van der Waals surface area (Å²) in [6.45, 7) is 11.1.